The Morgan fingerprint density at radius 1 is 0.500 bits per heavy atom. The third-order valence-electron chi connectivity index (χ3n) is 6.12. The molecule has 0 aliphatic carbocycles. The second-order valence-corrected chi connectivity index (χ2v) is 12.4. The van der Waals surface area contributed by atoms with Gasteiger partial charge in [-0.3, -0.25) is 0 Å². The van der Waals surface area contributed by atoms with Crippen LogP contribution in [0.25, 0.3) is 0 Å². The van der Waals surface area contributed by atoms with Crippen LogP contribution in [0.2, 0.25) is 0 Å². The molecule has 0 radical (unpaired) electrons. The molecule has 44 heavy (non-hydrogen) atoms. The molecule has 0 saturated heterocycles. The number of hydrogen-bond acceptors (Lipinski definition) is 2. The molecule has 0 amide bonds. The number of nitrogens with two attached hydrogens (primary N) is 1. The third kappa shape index (κ3) is 25.0. The van der Waals surface area contributed by atoms with Crippen molar-refractivity contribution in [2.24, 2.45) is 23.5 Å². The molecule has 3 N–H and O–H groups in total. The number of aryl methyl sites for hydroxylation is 1. The molecule has 0 bridgehead atoms. The Labute approximate surface area is 317 Å². The predicted octanol–water partition coefficient (Wildman–Crippen LogP) is 9.85. The molecular weight excluding hydrogens is 987 g/mol. The van der Waals surface area contributed by atoms with Gasteiger partial charge in [0.1, 0.15) is 5.75 Å². The van der Waals surface area contributed by atoms with Gasteiger partial charge in [-0.25, -0.2) is 0 Å². The van der Waals surface area contributed by atoms with Gasteiger partial charge in [-0.05, 0) is 80.5 Å². The molecule has 0 fully saturated rings. The molecule has 1 atom stereocenters. The van der Waals surface area contributed by atoms with Crippen molar-refractivity contribution < 1.29 is 67.3 Å². The van der Waals surface area contributed by atoms with E-state index in [2.05, 4.69) is 97.0 Å². The van der Waals surface area contributed by atoms with Gasteiger partial charge >= 0.3 is 0 Å². The van der Waals surface area contributed by atoms with E-state index in [4.69, 9.17) is 10.8 Å². The summed E-state index contributed by atoms with van der Waals surface area (Å²) in [5.74, 6) is 2.54. The first-order valence-corrected chi connectivity index (χ1v) is 15.4. The summed E-state index contributed by atoms with van der Waals surface area (Å²) in [6, 6.07) is 38.5. The summed E-state index contributed by atoms with van der Waals surface area (Å²) in [4.78, 5) is 0. The van der Waals surface area contributed by atoms with E-state index in [1.54, 1.807) is 12.1 Å². The normalized spacial score (nSPS) is 10.5. The SMILES string of the molecule is CC(C)Cc1cc[c-]cc1.CC(C)Cc1ccc(O)cc1.C[C@@H](N)Cc1cc[c-]cc1.Cc1ccc(CC(C)C)cc1.[U].[U]. The fourth-order valence-corrected chi connectivity index (χ4v) is 4.26. The summed E-state index contributed by atoms with van der Waals surface area (Å²) in [5, 5.41) is 8.99. The van der Waals surface area contributed by atoms with Crippen molar-refractivity contribution in [2.75, 3.05) is 0 Å². The second-order valence-electron chi connectivity index (χ2n) is 12.4. The number of phenolic OH excluding ortho intramolecular Hbond substituents is 1. The summed E-state index contributed by atoms with van der Waals surface area (Å²) in [6.45, 7) is 17.5. The van der Waals surface area contributed by atoms with Crippen LogP contribution in [0.3, 0.4) is 0 Å². The summed E-state index contributed by atoms with van der Waals surface area (Å²) in [5.41, 5.74) is 12.4. The van der Waals surface area contributed by atoms with Gasteiger partial charge in [0.25, 0.3) is 0 Å². The Morgan fingerprint density at radius 2 is 0.795 bits per heavy atom. The smallest absolute Gasteiger partial charge is 0.115 e. The molecule has 0 aliphatic heterocycles. The van der Waals surface area contributed by atoms with Crippen molar-refractivity contribution in [2.45, 2.75) is 87.1 Å². The second kappa shape index (κ2) is 26.9. The fourth-order valence-electron chi connectivity index (χ4n) is 4.26. The number of benzene rings is 4. The molecule has 0 saturated carbocycles. The van der Waals surface area contributed by atoms with Crippen LogP contribution in [0.15, 0.2) is 97.1 Å². The van der Waals surface area contributed by atoms with Gasteiger partial charge in [-0.15, -0.1) is 0 Å². The van der Waals surface area contributed by atoms with E-state index in [9.17, 15) is 0 Å². The first kappa shape index (κ1) is 44.9. The summed E-state index contributed by atoms with van der Waals surface area (Å²) < 4.78 is 0. The minimum atomic E-state index is 0. The molecule has 2 nitrogen and oxygen atoms in total. The fraction of sp³-hybridized carbons (Fsp3) is 0.400. The topological polar surface area (TPSA) is 46.2 Å². The van der Waals surface area contributed by atoms with E-state index in [1.165, 1.54) is 40.7 Å². The van der Waals surface area contributed by atoms with Crippen LogP contribution in [0.1, 0.15) is 76.3 Å². The number of phenols is 1. The first-order valence-electron chi connectivity index (χ1n) is 15.4. The molecule has 4 heteroatoms. The van der Waals surface area contributed by atoms with Crippen LogP contribution in [0, 0.1) is 99.0 Å². The zero-order valence-corrected chi connectivity index (χ0v) is 36.7. The minimum Gasteiger partial charge on any atom is -0.508 e. The Bertz CT molecular complexity index is 1080. The van der Waals surface area contributed by atoms with Crippen molar-refractivity contribution >= 4 is 0 Å². The van der Waals surface area contributed by atoms with Crippen LogP contribution in [0.5, 0.6) is 5.75 Å². The zero-order valence-electron chi connectivity index (χ0n) is 28.4. The van der Waals surface area contributed by atoms with E-state index in [1.807, 2.05) is 55.5 Å². The molecule has 236 valence electrons. The van der Waals surface area contributed by atoms with Crippen molar-refractivity contribution in [3.63, 3.8) is 0 Å². The van der Waals surface area contributed by atoms with E-state index in [0.717, 1.165) is 24.7 Å². The number of aromatic hydroxyl groups is 1. The van der Waals surface area contributed by atoms with E-state index in [-0.39, 0.29) is 68.3 Å². The quantitative estimate of drug-likeness (QED) is 0.173. The van der Waals surface area contributed by atoms with Gasteiger partial charge < -0.3 is 10.8 Å². The average Bonchev–Trinajstić information content (AvgIpc) is 2.92. The van der Waals surface area contributed by atoms with Crippen molar-refractivity contribution in [1.82, 2.24) is 0 Å². The Hall–Kier alpha value is -1.26. The van der Waals surface area contributed by atoms with Gasteiger partial charge in [-0.2, -0.15) is 71.8 Å². The molecule has 0 aromatic heterocycles. The van der Waals surface area contributed by atoms with Crippen molar-refractivity contribution in [1.29, 1.82) is 0 Å². The Kier molecular flexibility index (Phi) is 27.4. The summed E-state index contributed by atoms with van der Waals surface area (Å²) in [6.07, 6.45) is 4.41. The van der Waals surface area contributed by atoms with Crippen LogP contribution in [0.4, 0.5) is 0 Å². The molecule has 4 aromatic rings. The maximum absolute atomic E-state index is 8.99. The molecule has 0 aliphatic rings. The maximum Gasteiger partial charge on any atom is 0.115 e. The number of rotatable bonds is 8. The Balaban J connectivity index is 0. The van der Waals surface area contributed by atoms with Gasteiger partial charge in [0.05, 0.1) is 0 Å². The standard InChI is InChI=1S/C11H16.C10H14O.C10H13.C9H12N.2U/c1-9(2)8-11-6-4-10(3)5-7-11;1-8(2)7-9-3-5-10(11)6-4-9;1-9(2)8-10-6-4-3-5-7-10;1-8(10)7-9-5-3-2-4-6-9;;/h4-7,9H,8H2,1-3H3;3-6,8,11H,7H2,1-2H3;4-7,9H,8H2,1-2H3;3-6,8H,7,10H2,1H3;;/q;;2*-1;;/t;;;8-;;/m...1../s1. The van der Waals surface area contributed by atoms with Gasteiger partial charge in [0, 0.05) is 68.3 Å². The van der Waals surface area contributed by atoms with E-state index in [0.29, 0.717) is 11.7 Å². The molecule has 0 spiro atoms. The van der Waals surface area contributed by atoms with Crippen LogP contribution >= 0.6 is 0 Å². The van der Waals surface area contributed by atoms with Gasteiger partial charge in [0.2, 0.25) is 0 Å². The third-order valence-corrected chi connectivity index (χ3v) is 6.12. The van der Waals surface area contributed by atoms with Crippen molar-refractivity contribution in [3.8, 4) is 5.75 Å². The molecular formula is C40H55NOU2-2. The number of hydrogen-bond donors (Lipinski definition) is 2. The monoisotopic (exact) mass is 1040 g/mol. The summed E-state index contributed by atoms with van der Waals surface area (Å²) in [7, 11) is 0. The summed E-state index contributed by atoms with van der Waals surface area (Å²) >= 11 is 0. The van der Waals surface area contributed by atoms with E-state index < -0.39 is 0 Å². The first-order chi connectivity index (χ1) is 19.9. The van der Waals surface area contributed by atoms with Crippen LogP contribution in [-0.4, -0.2) is 11.1 Å². The predicted molar refractivity (Wildman–Crippen MR) is 183 cm³/mol. The van der Waals surface area contributed by atoms with Gasteiger partial charge in [0.15, 0.2) is 0 Å². The molecule has 0 unspecified atom stereocenters. The van der Waals surface area contributed by atoms with Crippen LogP contribution in [-0.2, 0) is 25.7 Å². The zero-order chi connectivity index (χ0) is 31.3. The molecule has 4 aromatic carbocycles. The Morgan fingerprint density at radius 3 is 1.11 bits per heavy atom. The van der Waals surface area contributed by atoms with E-state index >= 15 is 0 Å². The molecule has 0 heterocycles. The minimum absolute atomic E-state index is 0. The molecule has 4 rings (SSSR count). The average molecular weight is 1040 g/mol. The maximum atomic E-state index is 8.99. The largest absolute Gasteiger partial charge is 0.508 e. The van der Waals surface area contributed by atoms with Crippen molar-refractivity contribution in [3.05, 3.63) is 137 Å². The van der Waals surface area contributed by atoms with Crippen LogP contribution < -0.4 is 5.73 Å². The van der Waals surface area contributed by atoms with Gasteiger partial charge in [-0.1, -0.05) is 83.5 Å².